The van der Waals surface area contributed by atoms with Crippen LogP contribution in [0.3, 0.4) is 0 Å². The predicted molar refractivity (Wildman–Crippen MR) is 76.6 cm³/mol. The molecular formula is C16H28N2O. The molecule has 3 heteroatoms. The SMILES string of the molecule is NC1(C(=O)NCCC2CC3CCC2C3)CCCCC1. The van der Waals surface area contributed by atoms with Crippen molar-refractivity contribution in [2.45, 2.75) is 69.7 Å². The van der Waals surface area contributed by atoms with Crippen LogP contribution in [0.15, 0.2) is 0 Å². The van der Waals surface area contributed by atoms with E-state index in [1.807, 2.05) is 0 Å². The highest BCUT2D eigenvalue weighted by molar-refractivity contribution is 5.86. The number of rotatable bonds is 4. The van der Waals surface area contributed by atoms with Crippen LogP contribution >= 0.6 is 0 Å². The summed E-state index contributed by atoms with van der Waals surface area (Å²) in [5.74, 6) is 2.95. The summed E-state index contributed by atoms with van der Waals surface area (Å²) in [5, 5.41) is 3.12. The summed E-state index contributed by atoms with van der Waals surface area (Å²) in [5.41, 5.74) is 5.68. The summed E-state index contributed by atoms with van der Waals surface area (Å²) < 4.78 is 0. The average Bonchev–Trinajstić information content (AvgIpc) is 3.02. The smallest absolute Gasteiger partial charge is 0.240 e. The normalized spacial score (nSPS) is 36.4. The van der Waals surface area contributed by atoms with Gasteiger partial charge in [0, 0.05) is 6.54 Å². The van der Waals surface area contributed by atoms with Crippen molar-refractivity contribution in [3.8, 4) is 0 Å². The van der Waals surface area contributed by atoms with Crippen LogP contribution in [0.5, 0.6) is 0 Å². The topological polar surface area (TPSA) is 55.1 Å². The molecule has 3 aliphatic rings. The van der Waals surface area contributed by atoms with E-state index in [-0.39, 0.29) is 5.91 Å². The van der Waals surface area contributed by atoms with E-state index in [4.69, 9.17) is 5.73 Å². The quantitative estimate of drug-likeness (QED) is 0.820. The standard InChI is InChI=1S/C16H28N2O/c17-16(7-2-1-3-8-16)15(19)18-9-6-14-11-12-4-5-13(14)10-12/h12-14H,1-11,17H2,(H,18,19). The van der Waals surface area contributed by atoms with Gasteiger partial charge in [-0.3, -0.25) is 4.79 Å². The summed E-state index contributed by atoms with van der Waals surface area (Å²) in [4.78, 5) is 12.2. The van der Waals surface area contributed by atoms with Gasteiger partial charge < -0.3 is 11.1 Å². The second kappa shape index (κ2) is 5.43. The van der Waals surface area contributed by atoms with Gasteiger partial charge in [-0.1, -0.05) is 25.7 Å². The van der Waals surface area contributed by atoms with Gasteiger partial charge in [-0.15, -0.1) is 0 Å². The van der Waals surface area contributed by atoms with Gasteiger partial charge in [0.25, 0.3) is 0 Å². The Bertz CT molecular complexity index is 336. The molecule has 0 aromatic carbocycles. The zero-order chi connectivity index (χ0) is 13.3. The number of hydrogen-bond donors (Lipinski definition) is 2. The Kier molecular flexibility index (Phi) is 3.84. The van der Waals surface area contributed by atoms with E-state index in [9.17, 15) is 4.79 Å². The van der Waals surface area contributed by atoms with Crippen molar-refractivity contribution < 1.29 is 4.79 Å². The lowest BCUT2D eigenvalue weighted by molar-refractivity contribution is -0.127. The highest BCUT2D eigenvalue weighted by Gasteiger charge is 2.39. The molecule has 0 aromatic rings. The molecule has 3 aliphatic carbocycles. The van der Waals surface area contributed by atoms with Crippen LogP contribution in [0, 0.1) is 17.8 Å². The summed E-state index contributed by atoms with van der Waals surface area (Å²) >= 11 is 0. The Labute approximate surface area is 116 Å². The maximum atomic E-state index is 12.2. The number of amides is 1. The Morgan fingerprint density at radius 2 is 1.95 bits per heavy atom. The van der Waals surface area contributed by atoms with Crippen LogP contribution in [-0.2, 0) is 4.79 Å². The Morgan fingerprint density at radius 3 is 2.58 bits per heavy atom. The summed E-state index contributed by atoms with van der Waals surface area (Å²) in [6.07, 6.45) is 12.1. The maximum Gasteiger partial charge on any atom is 0.240 e. The summed E-state index contributed by atoms with van der Waals surface area (Å²) in [6, 6.07) is 0. The molecule has 0 radical (unpaired) electrons. The van der Waals surface area contributed by atoms with Crippen LogP contribution in [-0.4, -0.2) is 18.0 Å². The molecule has 3 fully saturated rings. The monoisotopic (exact) mass is 264 g/mol. The van der Waals surface area contributed by atoms with E-state index in [2.05, 4.69) is 5.32 Å². The van der Waals surface area contributed by atoms with Gasteiger partial charge in [0.15, 0.2) is 0 Å². The summed E-state index contributed by atoms with van der Waals surface area (Å²) in [6.45, 7) is 0.839. The van der Waals surface area contributed by atoms with Gasteiger partial charge in [-0.2, -0.15) is 0 Å². The Morgan fingerprint density at radius 1 is 1.16 bits per heavy atom. The molecule has 3 saturated carbocycles. The van der Waals surface area contributed by atoms with Gasteiger partial charge in [0.05, 0.1) is 5.54 Å². The second-order valence-electron chi connectivity index (χ2n) is 7.20. The lowest BCUT2D eigenvalue weighted by atomic mass is 9.81. The van der Waals surface area contributed by atoms with Crippen molar-refractivity contribution in [2.24, 2.45) is 23.5 Å². The molecule has 3 atom stereocenters. The van der Waals surface area contributed by atoms with Crippen molar-refractivity contribution in [3.63, 3.8) is 0 Å². The first-order valence-corrected chi connectivity index (χ1v) is 8.24. The first-order valence-electron chi connectivity index (χ1n) is 8.24. The van der Waals surface area contributed by atoms with E-state index in [0.717, 1.165) is 50.0 Å². The maximum absolute atomic E-state index is 12.2. The summed E-state index contributed by atoms with van der Waals surface area (Å²) in [7, 11) is 0. The average molecular weight is 264 g/mol. The van der Waals surface area contributed by atoms with Crippen LogP contribution in [0.2, 0.25) is 0 Å². The van der Waals surface area contributed by atoms with Crippen molar-refractivity contribution >= 4 is 5.91 Å². The first-order chi connectivity index (χ1) is 9.17. The van der Waals surface area contributed by atoms with Crippen LogP contribution in [0.1, 0.15) is 64.2 Å². The molecule has 3 unspecified atom stereocenters. The zero-order valence-electron chi connectivity index (χ0n) is 12.0. The number of nitrogens with one attached hydrogen (secondary N) is 1. The molecule has 0 saturated heterocycles. The molecule has 0 aromatic heterocycles. The fraction of sp³-hybridized carbons (Fsp3) is 0.938. The highest BCUT2D eigenvalue weighted by Crippen LogP contribution is 2.49. The molecule has 3 nitrogen and oxygen atoms in total. The third kappa shape index (κ3) is 2.81. The lowest BCUT2D eigenvalue weighted by Gasteiger charge is -2.32. The molecule has 0 heterocycles. The van der Waals surface area contributed by atoms with Gasteiger partial charge in [0.2, 0.25) is 5.91 Å². The zero-order valence-corrected chi connectivity index (χ0v) is 12.0. The third-order valence-corrected chi connectivity index (χ3v) is 5.88. The largest absolute Gasteiger partial charge is 0.354 e. The number of carbonyl (C=O) groups excluding carboxylic acids is 1. The molecule has 0 aliphatic heterocycles. The van der Waals surface area contributed by atoms with E-state index < -0.39 is 5.54 Å². The molecule has 0 spiro atoms. The number of carbonyl (C=O) groups is 1. The number of nitrogens with two attached hydrogens (primary N) is 1. The van der Waals surface area contributed by atoms with Gasteiger partial charge in [-0.25, -0.2) is 0 Å². The minimum Gasteiger partial charge on any atom is -0.354 e. The van der Waals surface area contributed by atoms with Gasteiger partial charge in [0.1, 0.15) is 0 Å². The third-order valence-electron chi connectivity index (χ3n) is 5.88. The van der Waals surface area contributed by atoms with Crippen molar-refractivity contribution in [2.75, 3.05) is 6.54 Å². The van der Waals surface area contributed by atoms with E-state index in [0.29, 0.717) is 0 Å². The van der Waals surface area contributed by atoms with E-state index >= 15 is 0 Å². The lowest BCUT2D eigenvalue weighted by Crippen LogP contribution is -2.55. The van der Waals surface area contributed by atoms with E-state index in [1.165, 1.54) is 38.5 Å². The van der Waals surface area contributed by atoms with Crippen molar-refractivity contribution in [1.29, 1.82) is 0 Å². The van der Waals surface area contributed by atoms with Crippen molar-refractivity contribution in [3.05, 3.63) is 0 Å². The second-order valence-corrected chi connectivity index (χ2v) is 7.20. The van der Waals surface area contributed by atoms with Crippen LogP contribution in [0.25, 0.3) is 0 Å². The first kappa shape index (κ1) is 13.4. The minimum atomic E-state index is -0.563. The molecule has 3 N–H and O–H groups in total. The Balaban J connectivity index is 1.41. The number of hydrogen-bond acceptors (Lipinski definition) is 2. The fourth-order valence-electron chi connectivity index (χ4n) is 4.69. The molecular weight excluding hydrogens is 236 g/mol. The molecule has 2 bridgehead atoms. The predicted octanol–water partition coefficient (Wildman–Crippen LogP) is 2.59. The molecule has 19 heavy (non-hydrogen) atoms. The van der Waals surface area contributed by atoms with E-state index in [1.54, 1.807) is 0 Å². The molecule has 108 valence electrons. The van der Waals surface area contributed by atoms with Gasteiger partial charge >= 0.3 is 0 Å². The molecule has 1 amide bonds. The number of fused-ring (bicyclic) bond motifs is 2. The minimum absolute atomic E-state index is 0.107. The van der Waals surface area contributed by atoms with Crippen LogP contribution in [0.4, 0.5) is 0 Å². The highest BCUT2D eigenvalue weighted by atomic mass is 16.2. The van der Waals surface area contributed by atoms with Crippen molar-refractivity contribution in [1.82, 2.24) is 5.32 Å². The van der Waals surface area contributed by atoms with Crippen LogP contribution < -0.4 is 11.1 Å². The molecule has 3 rings (SSSR count). The Hall–Kier alpha value is -0.570. The fourth-order valence-corrected chi connectivity index (χ4v) is 4.69. The van der Waals surface area contributed by atoms with Gasteiger partial charge in [-0.05, 0) is 56.3 Å².